The van der Waals surface area contributed by atoms with E-state index in [1.54, 1.807) is 13.8 Å². The molecule has 0 bridgehead atoms. The zero-order valence-corrected chi connectivity index (χ0v) is 28.3. The molecule has 44 heavy (non-hydrogen) atoms. The monoisotopic (exact) mass is 615 g/mol. The molecule has 2 spiro atoms. The molecule has 0 aromatic heterocycles. The number of esters is 2. The number of fused-ring (bicyclic) bond motifs is 4. The molecule has 3 N–H and O–H groups in total. The Labute approximate surface area is 263 Å². The van der Waals surface area contributed by atoms with Gasteiger partial charge in [-0.3, -0.25) is 9.59 Å². The van der Waals surface area contributed by atoms with Crippen molar-refractivity contribution in [2.75, 3.05) is 6.54 Å². The predicted octanol–water partition coefficient (Wildman–Crippen LogP) is 4.78. The van der Waals surface area contributed by atoms with E-state index in [1.807, 2.05) is 0 Å². The first kappa shape index (κ1) is 31.4. The molecule has 2 aliphatic heterocycles. The molecule has 4 unspecified atom stereocenters. The molecule has 248 valence electrons. The van der Waals surface area contributed by atoms with Crippen molar-refractivity contribution in [2.24, 2.45) is 50.7 Å². The van der Waals surface area contributed by atoms with Gasteiger partial charge in [-0.25, -0.2) is 0 Å². The molecule has 0 aromatic carbocycles. The smallest absolute Gasteiger partial charge is 0.323 e. The number of nitrogens with one attached hydrogen (secondary N) is 1. The third-order valence-electron chi connectivity index (χ3n) is 15.5. The summed E-state index contributed by atoms with van der Waals surface area (Å²) in [7, 11) is 0. The highest BCUT2D eigenvalue weighted by molar-refractivity contribution is 5.77. The largest absolute Gasteiger partial charge is 0.461 e. The molecular formula is C36H57NO7. The Kier molecular flexibility index (Phi) is 6.89. The molecule has 8 nitrogen and oxygen atoms in total. The van der Waals surface area contributed by atoms with Gasteiger partial charge in [0.25, 0.3) is 0 Å². The van der Waals surface area contributed by atoms with Gasteiger partial charge in [0, 0.05) is 17.8 Å². The number of hydrogen-bond acceptors (Lipinski definition) is 8. The van der Waals surface area contributed by atoms with Crippen molar-refractivity contribution in [1.29, 1.82) is 0 Å². The van der Waals surface area contributed by atoms with Gasteiger partial charge in [-0.05, 0) is 118 Å². The molecule has 0 amide bonds. The van der Waals surface area contributed by atoms with Gasteiger partial charge in [-0.1, -0.05) is 34.6 Å². The zero-order valence-electron chi connectivity index (χ0n) is 28.3. The van der Waals surface area contributed by atoms with E-state index in [-0.39, 0.29) is 63.1 Å². The molecule has 0 aromatic rings. The highest BCUT2D eigenvalue weighted by Crippen LogP contribution is 2.89. The summed E-state index contributed by atoms with van der Waals surface area (Å²) >= 11 is 0. The number of rotatable bonds is 5. The second-order valence-corrected chi connectivity index (χ2v) is 18.0. The van der Waals surface area contributed by atoms with Crippen LogP contribution in [0.25, 0.3) is 0 Å². The van der Waals surface area contributed by atoms with E-state index >= 15 is 0 Å². The summed E-state index contributed by atoms with van der Waals surface area (Å²) < 4.78 is 18.7. The van der Waals surface area contributed by atoms with Crippen LogP contribution in [0.1, 0.15) is 113 Å². The van der Waals surface area contributed by atoms with Gasteiger partial charge < -0.3 is 29.7 Å². The zero-order chi connectivity index (χ0) is 31.8. The molecule has 5 aliphatic carbocycles. The first-order chi connectivity index (χ1) is 20.4. The van der Waals surface area contributed by atoms with Crippen LogP contribution in [0, 0.1) is 50.7 Å². The molecule has 7 aliphatic rings. The lowest BCUT2D eigenvalue weighted by Crippen LogP contribution is -2.60. The van der Waals surface area contributed by atoms with Gasteiger partial charge in [-0.15, -0.1) is 0 Å². The Balaban J connectivity index is 1.16. The number of carbonyl (C=O) groups excluding carboxylic acids is 2. The van der Waals surface area contributed by atoms with Gasteiger partial charge in [-0.2, -0.15) is 0 Å². The average molecular weight is 616 g/mol. The summed E-state index contributed by atoms with van der Waals surface area (Å²) in [6.45, 7) is 17.4. The van der Waals surface area contributed by atoms with E-state index in [4.69, 9.17) is 14.2 Å². The minimum atomic E-state index is -1.26. The van der Waals surface area contributed by atoms with Crippen molar-refractivity contribution in [3.63, 3.8) is 0 Å². The Hall–Kier alpha value is -1.22. The summed E-state index contributed by atoms with van der Waals surface area (Å²) in [6, 6.07) is -0.134. The third-order valence-corrected chi connectivity index (χ3v) is 15.5. The maximum Gasteiger partial charge on any atom is 0.323 e. The standard InChI is InChI=1S/C36H57NO7/c1-19-17-22(29(32(5,6)41)42-20(2)38)43-27-26(19)33(7)14-15-36-18-35(36)13-11-25(44-30(40)21-12-16-37-21)31(3,4)23(35)9-10-24(36)34(33,8)28(27)39/h19,21-29,37,39,41H,9-18H2,1-8H3/t19-,21?,22?,23+,24?,25+,26+,27?,28+,29+,33-,34-,35-,36+/m1/s1. The second kappa shape index (κ2) is 9.67. The first-order valence-corrected chi connectivity index (χ1v) is 17.6. The Morgan fingerprint density at radius 2 is 1.66 bits per heavy atom. The number of aliphatic hydroxyl groups is 2. The SMILES string of the molecule is CC(=O)O[C@@H](C1C[C@@H](C)[C@H]2C(O1)[C@H](O)[C@@]1(C)C3CC[C@H]4C(C)(C)[C@@H](OC(=O)C5CCN5)CC[C@@]45C[C@@]35CC[C@]21C)C(C)(C)O. The van der Waals surface area contributed by atoms with E-state index in [0.717, 1.165) is 45.1 Å². The number of ether oxygens (including phenoxy) is 3. The van der Waals surface area contributed by atoms with Crippen LogP contribution in [-0.2, 0) is 23.8 Å². The van der Waals surface area contributed by atoms with Crippen LogP contribution >= 0.6 is 0 Å². The summed E-state index contributed by atoms with van der Waals surface area (Å²) in [5, 5.41) is 26.7. The highest BCUT2D eigenvalue weighted by atomic mass is 16.6. The van der Waals surface area contributed by atoms with Crippen molar-refractivity contribution in [3.8, 4) is 0 Å². The number of aliphatic hydroxyl groups excluding tert-OH is 1. The molecule has 5 saturated carbocycles. The van der Waals surface area contributed by atoms with Crippen LogP contribution in [0.15, 0.2) is 0 Å². The Bertz CT molecular complexity index is 1210. The fraction of sp³-hybridized carbons (Fsp3) is 0.944. The maximum atomic E-state index is 12.9. The first-order valence-electron chi connectivity index (χ1n) is 17.6. The molecule has 8 heteroatoms. The lowest BCUT2D eigenvalue weighted by atomic mass is 9.41. The van der Waals surface area contributed by atoms with Gasteiger partial charge in [0.2, 0.25) is 0 Å². The van der Waals surface area contributed by atoms with Crippen LogP contribution in [0.2, 0.25) is 0 Å². The molecule has 2 heterocycles. The van der Waals surface area contributed by atoms with E-state index in [1.165, 1.54) is 19.8 Å². The van der Waals surface area contributed by atoms with Crippen LogP contribution in [-0.4, -0.2) is 70.9 Å². The lowest BCUT2D eigenvalue weighted by Gasteiger charge is -2.63. The van der Waals surface area contributed by atoms with Crippen LogP contribution in [0.3, 0.4) is 0 Å². The summed E-state index contributed by atoms with van der Waals surface area (Å²) in [6.07, 6.45) is 7.00. The number of hydrogen-bond donors (Lipinski definition) is 3. The fourth-order valence-corrected chi connectivity index (χ4v) is 13.3. The van der Waals surface area contributed by atoms with E-state index in [2.05, 4.69) is 39.9 Å². The second-order valence-electron chi connectivity index (χ2n) is 18.0. The van der Waals surface area contributed by atoms with Crippen LogP contribution in [0.4, 0.5) is 0 Å². The molecule has 0 radical (unpaired) electrons. The predicted molar refractivity (Wildman–Crippen MR) is 164 cm³/mol. The van der Waals surface area contributed by atoms with Gasteiger partial charge in [0.1, 0.15) is 12.1 Å². The topological polar surface area (TPSA) is 114 Å². The molecule has 14 atom stereocenters. The molecular weight excluding hydrogens is 558 g/mol. The van der Waals surface area contributed by atoms with Crippen LogP contribution in [0.5, 0.6) is 0 Å². The van der Waals surface area contributed by atoms with Crippen molar-refractivity contribution in [1.82, 2.24) is 5.32 Å². The molecule has 2 saturated heterocycles. The maximum absolute atomic E-state index is 12.9. The Morgan fingerprint density at radius 1 is 1.00 bits per heavy atom. The number of carbonyl (C=O) groups is 2. The normalized spacial score (nSPS) is 52.5. The van der Waals surface area contributed by atoms with Crippen molar-refractivity contribution in [3.05, 3.63) is 0 Å². The van der Waals surface area contributed by atoms with E-state index in [0.29, 0.717) is 18.3 Å². The highest BCUT2D eigenvalue weighted by Gasteiger charge is 2.84. The van der Waals surface area contributed by atoms with Gasteiger partial charge in [0.15, 0.2) is 6.10 Å². The van der Waals surface area contributed by atoms with Crippen LogP contribution < -0.4 is 5.32 Å². The van der Waals surface area contributed by atoms with E-state index in [9.17, 15) is 19.8 Å². The minimum absolute atomic E-state index is 0.0428. The Morgan fingerprint density at radius 3 is 2.27 bits per heavy atom. The summed E-state index contributed by atoms with van der Waals surface area (Å²) in [4.78, 5) is 24.9. The third kappa shape index (κ3) is 3.89. The fourth-order valence-electron chi connectivity index (χ4n) is 13.3. The lowest BCUT2D eigenvalue weighted by molar-refractivity contribution is -0.216. The van der Waals surface area contributed by atoms with Gasteiger partial charge in [0.05, 0.1) is 23.9 Å². The van der Waals surface area contributed by atoms with Crippen molar-refractivity contribution < 1.29 is 34.0 Å². The van der Waals surface area contributed by atoms with Crippen molar-refractivity contribution >= 4 is 11.9 Å². The van der Waals surface area contributed by atoms with Crippen molar-refractivity contribution in [2.45, 2.75) is 155 Å². The summed E-state index contributed by atoms with van der Waals surface area (Å²) in [5.74, 6) is 0.877. The van der Waals surface area contributed by atoms with Gasteiger partial charge >= 0.3 is 11.9 Å². The molecule has 7 rings (SSSR count). The quantitative estimate of drug-likeness (QED) is 0.379. The van der Waals surface area contributed by atoms with E-state index < -0.39 is 29.9 Å². The average Bonchev–Trinajstić information content (AvgIpc) is 3.52. The molecule has 7 fully saturated rings. The summed E-state index contributed by atoms with van der Waals surface area (Å²) in [5.41, 5.74) is -1.24. The minimum Gasteiger partial charge on any atom is -0.461 e.